The van der Waals surface area contributed by atoms with E-state index in [-0.39, 0.29) is 58.3 Å². The summed E-state index contributed by atoms with van der Waals surface area (Å²) in [6.07, 6.45) is -3.81. The molecule has 18 heteroatoms. The van der Waals surface area contributed by atoms with E-state index in [4.69, 9.17) is 24.7 Å². The Balaban J connectivity index is 1.32. The SMILES string of the molecule is N[C@@H]1NC(=O)[C@H]2NCN(c3ccccc3[C@@H]3/C=C/OC4(CCCCC4)[C@@H]4O[C@H](Oc5c3cc3c(c5OC[C@H](O)CC=O)C(=O)c5ccccc5C3=O)[C@](O)(CCO)[C@H](O)[C@H]4O)[C@@H]2N1. The minimum atomic E-state index is -2.48. The van der Waals surface area contributed by atoms with Crippen molar-refractivity contribution in [2.24, 2.45) is 5.73 Å². The van der Waals surface area contributed by atoms with Gasteiger partial charge in [-0.1, -0.05) is 48.9 Å². The molecule has 9 rings (SSSR count). The van der Waals surface area contributed by atoms with Gasteiger partial charge in [-0.25, -0.2) is 0 Å². The van der Waals surface area contributed by atoms with Crippen molar-refractivity contribution < 1.29 is 63.7 Å². The van der Waals surface area contributed by atoms with Crippen LogP contribution in [0.5, 0.6) is 11.5 Å². The lowest BCUT2D eigenvalue weighted by Crippen LogP contribution is -2.72. The molecule has 3 aromatic rings. The molecular weight excluding hydrogens is 819 g/mol. The number of aliphatic hydroxyl groups is 5. The molecule has 2 bridgehead atoms. The molecule has 6 aliphatic rings. The fourth-order valence-electron chi connectivity index (χ4n) is 10.1. The van der Waals surface area contributed by atoms with E-state index in [1.54, 1.807) is 24.3 Å². The van der Waals surface area contributed by atoms with Crippen LogP contribution in [0, 0.1) is 0 Å². The number of nitrogens with zero attached hydrogens (tertiary/aromatic N) is 1. The summed E-state index contributed by atoms with van der Waals surface area (Å²) < 4.78 is 26.5. The van der Waals surface area contributed by atoms with Gasteiger partial charge in [-0.3, -0.25) is 30.8 Å². The largest absolute Gasteiger partial charge is 0.492 e. The van der Waals surface area contributed by atoms with Crippen molar-refractivity contribution in [1.29, 1.82) is 0 Å². The molecule has 63 heavy (non-hydrogen) atoms. The lowest BCUT2D eigenvalue weighted by atomic mass is 9.73. The van der Waals surface area contributed by atoms with Crippen molar-refractivity contribution in [3.63, 3.8) is 0 Å². The molecule has 4 heterocycles. The number of aliphatic hydroxyl groups excluding tert-OH is 4. The molecule has 2 aliphatic carbocycles. The van der Waals surface area contributed by atoms with E-state index in [2.05, 4.69) is 16.0 Å². The van der Waals surface area contributed by atoms with E-state index < -0.39 is 97.5 Å². The maximum absolute atomic E-state index is 14.7. The molecule has 1 spiro atoms. The lowest BCUT2D eigenvalue weighted by molar-refractivity contribution is -0.345. The molecular formula is C45H51N5O13. The normalized spacial score (nSPS) is 31.8. The van der Waals surface area contributed by atoms with E-state index in [1.807, 2.05) is 23.1 Å². The number of ether oxygens (including phenoxy) is 4. The van der Waals surface area contributed by atoms with E-state index in [9.17, 15) is 44.7 Å². The predicted molar refractivity (Wildman–Crippen MR) is 222 cm³/mol. The number of carbonyl (C=O) groups is 4. The number of hydrogen-bond acceptors (Lipinski definition) is 17. The third kappa shape index (κ3) is 7.28. The monoisotopic (exact) mass is 869 g/mol. The number of nitrogens with two attached hydrogens (primary N) is 1. The molecule has 3 saturated heterocycles. The highest BCUT2D eigenvalue weighted by atomic mass is 16.7. The molecule has 4 fully saturated rings. The van der Waals surface area contributed by atoms with Crippen LogP contribution >= 0.6 is 0 Å². The van der Waals surface area contributed by atoms with Crippen molar-refractivity contribution in [2.75, 3.05) is 24.8 Å². The molecule has 334 valence electrons. The first-order valence-electron chi connectivity index (χ1n) is 21.3. The Morgan fingerprint density at radius 3 is 2.46 bits per heavy atom. The van der Waals surface area contributed by atoms with Gasteiger partial charge in [0, 0.05) is 53.3 Å². The van der Waals surface area contributed by atoms with E-state index in [1.165, 1.54) is 24.5 Å². The lowest BCUT2D eigenvalue weighted by Gasteiger charge is -2.53. The molecule has 10 N–H and O–H groups in total. The van der Waals surface area contributed by atoms with Gasteiger partial charge in [-0.05, 0) is 49.5 Å². The summed E-state index contributed by atoms with van der Waals surface area (Å²) in [6.45, 7) is -1.01. The number of rotatable bonds is 9. The second-order valence-electron chi connectivity index (χ2n) is 17.0. The zero-order chi connectivity index (χ0) is 44.2. The van der Waals surface area contributed by atoms with Crippen LogP contribution in [0.3, 0.4) is 0 Å². The van der Waals surface area contributed by atoms with E-state index in [0.29, 0.717) is 43.2 Å². The highest BCUT2D eigenvalue weighted by Crippen LogP contribution is 2.52. The number of hydrogen-bond donors (Lipinski definition) is 9. The number of anilines is 1. The van der Waals surface area contributed by atoms with Crippen LogP contribution in [-0.2, 0) is 19.1 Å². The molecule has 10 atom stereocenters. The molecule has 0 radical (unpaired) electrons. The number of benzene rings is 3. The summed E-state index contributed by atoms with van der Waals surface area (Å²) in [5.41, 5.74) is 3.76. The summed E-state index contributed by atoms with van der Waals surface area (Å²) in [5.74, 6) is -2.97. The van der Waals surface area contributed by atoms with Gasteiger partial charge in [0.15, 0.2) is 28.7 Å². The molecule has 0 aromatic heterocycles. The quantitative estimate of drug-likeness (QED) is 0.101. The Labute approximate surface area is 361 Å². The summed E-state index contributed by atoms with van der Waals surface area (Å²) in [4.78, 5) is 55.8. The smallest absolute Gasteiger partial charge is 0.242 e. The van der Waals surface area contributed by atoms with E-state index in [0.717, 1.165) is 6.42 Å². The third-order valence-corrected chi connectivity index (χ3v) is 13.3. The van der Waals surface area contributed by atoms with Crippen molar-refractivity contribution in [2.45, 2.75) is 111 Å². The standard InChI is InChI=1S/C45H51N5O13/c46-43-48-40-32(41(58)49-43)47-22-50(40)30-11-5-4-8-25(30)24-13-19-61-44(14-6-1-7-15-44)39-35(56)38(57)45(59,16-18-52)42(63-39)62-36-28(24)20-29-31(37(36)60-21-23(53)12-17-51)34(55)27-10-3-2-9-26(27)33(29)54/h2-5,8-11,13,17,19-20,23-24,32,35,38-40,42-43,47-48,52-53,56-57,59H,1,6-7,12,14-16,18,21-22,46H2,(H,49,58)/b19-13+/t23-,24+,32+,35-,38-,39-,40+,42+,43+,45+/m1/s1. The molecule has 3 aromatic carbocycles. The van der Waals surface area contributed by atoms with Crippen LogP contribution in [0.15, 0.2) is 66.9 Å². The van der Waals surface area contributed by atoms with Gasteiger partial charge in [0.1, 0.15) is 55.3 Å². The topological polar surface area (TPSA) is 272 Å². The van der Waals surface area contributed by atoms with Crippen LogP contribution in [0.1, 0.15) is 93.8 Å². The molecule has 0 unspecified atom stereocenters. The molecule has 1 amide bonds. The fourth-order valence-corrected chi connectivity index (χ4v) is 10.1. The Bertz CT molecular complexity index is 2320. The van der Waals surface area contributed by atoms with Crippen LogP contribution in [0.25, 0.3) is 0 Å². The maximum Gasteiger partial charge on any atom is 0.242 e. The number of allylic oxidation sites excluding steroid dienone is 1. The number of nitrogens with one attached hydrogen (secondary N) is 3. The Morgan fingerprint density at radius 1 is 0.984 bits per heavy atom. The average Bonchev–Trinajstić information content (AvgIpc) is 3.70. The number of para-hydroxylation sites is 1. The summed E-state index contributed by atoms with van der Waals surface area (Å²) in [7, 11) is 0. The molecule has 4 aliphatic heterocycles. The van der Waals surface area contributed by atoms with E-state index >= 15 is 0 Å². The molecule has 1 saturated carbocycles. The number of fused-ring (bicyclic) bond motifs is 7. The number of aldehydes is 1. The Morgan fingerprint density at radius 2 is 1.71 bits per heavy atom. The van der Waals surface area contributed by atoms with Gasteiger partial charge in [0.25, 0.3) is 0 Å². The van der Waals surface area contributed by atoms with Crippen molar-refractivity contribution in [3.05, 3.63) is 100 Å². The van der Waals surface area contributed by atoms with Crippen LogP contribution in [-0.4, -0.2) is 130 Å². The first kappa shape index (κ1) is 43.0. The minimum absolute atomic E-state index is 0.0700. The zero-order valence-corrected chi connectivity index (χ0v) is 34.2. The maximum atomic E-state index is 14.7. The van der Waals surface area contributed by atoms with Crippen LogP contribution < -0.4 is 36.1 Å². The van der Waals surface area contributed by atoms with Gasteiger partial charge in [-0.15, -0.1) is 0 Å². The number of ketones is 2. The van der Waals surface area contributed by atoms with Crippen LogP contribution in [0.4, 0.5) is 5.69 Å². The average molecular weight is 870 g/mol. The Kier molecular flexibility index (Phi) is 11.6. The van der Waals surface area contributed by atoms with Gasteiger partial charge < -0.3 is 59.5 Å². The number of amides is 1. The first-order valence-corrected chi connectivity index (χ1v) is 21.3. The van der Waals surface area contributed by atoms with Gasteiger partial charge in [0.05, 0.1) is 24.6 Å². The van der Waals surface area contributed by atoms with Gasteiger partial charge >= 0.3 is 0 Å². The minimum Gasteiger partial charge on any atom is -0.492 e. The Hall–Kier alpha value is -5.28. The molecule has 18 nitrogen and oxygen atoms in total. The fraction of sp³-hybridized carbons (Fsp3) is 0.467. The van der Waals surface area contributed by atoms with Crippen molar-refractivity contribution >= 4 is 29.4 Å². The van der Waals surface area contributed by atoms with Crippen molar-refractivity contribution in [3.8, 4) is 11.5 Å². The summed E-state index contributed by atoms with van der Waals surface area (Å²) in [6, 6.07) is 14.4. The summed E-state index contributed by atoms with van der Waals surface area (Å²) >= 11 is 0. The highest BCUT2D eigenvalue weighted by Gasteiger charge is 2.62. The van der Waals surface area contributed by atoms with Crippen LogP contribution in [0.2, 0.25) is 0 Å². The van der Waals surface area contributed by atoms with Crippen molar-refractivity contribution in [1.82, 2.24) is 16.0 Å². The predicted octanol–water partition coefficient (Wildman–Crippen LogP) is 0.132. The van der Waals surface area contributed by atoms with Gasteiger partial charge in [-0.2, -0.15) is 0 Å². The second kappa shape index (κ2) is 17.0. The summed E-state index contributed by atoms with van der Waals surface area (Å²) in [5, 5.41) is 66.3. The highest BCUT2D eigenvalue weighted by molar-refractivity contribution is 6.29. The number of carbonyl (C=O) groups excluding carboxylic acids is 4. The van der Waals surface area contributed by atoms with Gasteiger partial charge in [0.2, 0.25) is 12.2 Å². The zero-order valence-electron chi connectivity index (χ0n) is 34.2. The first-order chi connectivity index (χ1) is 30.4. The second-order valence-corrected chi connectivity index (χ2v) is 17.0. The third-order valence-electron chi connectivity index (χ3n) is 13.3.